The first-order chi connectivity index (χ1) is 19.9. The Hall–Kier alpha value is -1.70. The Morgan fingerprint density at radius 3 is 1.37 bits per heavy atom. The molecule has 232 valence electrons. The average Bonchev–Trinajstić information content (AvgIpc) is 2.97. The molecule has 0 heterocycles. The number of phosphoric acid groups is 1. The molecule has 0 saturated heterocycles. The fourth-order valence-electron chi connectivity index (χ4n) is 4.35. The quantitative estimate of drug-likeness (QED) is 0.0838. The predicted octanol–water partition coefficient (Wildman–Crippen LogP) is 10.6. The third kappa shape index (κ3) is 19.9. The molecule has 2 aromatic carbocycles. The van der Waals surface area contributed by atoms with Gasteiger partial charge < -0.3 is 4.74 Å². The highest BCUT2D eigenvalue weighted by molar-refractivity contribution is 7.48. The van der Waals surface area contributed by atoms with Crippen molar-refractivity contribution in [2.24, 2.45) is 0 Å². The number of unbranched alkanes of at least 4 members (excludes halogenated alkanes) is 12. The SMILES string of the molecule is O=P(OCCOCCCCCCCCCCCCCCCC(F)(F)F)(OCc1ccccc1)OCc1ccccc1. The maximum Gasteiger partial charge on any atom is 0.475 e. The zero-order valence-electron chi connectivity index (χ0n) is 24.3. The Balaban J connectivity index is 1.45. The number of hydrogen-bond acceptors (Lipinski definition) is 5. The van der Waals surface area contributed by atoms with Crippen molar-refractivity contribution < 1.29 is 36.0 Å². The van der Waals surface area contributed by atoms with Crippen LogP contribution in [0.2, 0.25) is 0 Å². The lowest BCUT2D eigenvalue weighted by molar-refractivity contribution is -0.135. The van der Waals surface area contributed by atoms with E-state index >= 15 is 0 Å². The molecule has 0 radical (unpaired) electrons. The van der Waals surface area contributed by atoms with E-state index in [0.717, 1.165) is 43.2 Å². The van der Waals surface area contributed by atoms with Crippen molar-refractivity contribution in [1.82, 2.24) is 0 Å². The Kier molecular flexibility index (Phi) is 19.0. The van der Waals surface area contributed by atoms with Crippen LogP contribution in [0.15, 0.2) is 60.7 Å². The van der Waals surface area contributed by atoms with Crippen LogP contribution in [0, 0.1) is 0 Å². The lowest BCUT2D eigenvalue weighted by Crippen LogP contribution is -2.07. The van der Waals surface area contributed by atoms with Gasteiger partial charge in [-0.15, -0.1) is 0 Å². The molecule has 5 nitrogen and oxygen atoms in total. The van der Waals surface area contributed by atoms with Crippen LogP contribution in [0.4, 0.5) is 13.2 Å². The summed E-state index contributed by atoms with van der Waals surface area (Å²) >= 11 is 0. The van der Waals surface area contributed by atoms with E-state index in [0.29, 0.717) is 19.6 Å². The van der Waals surface area contributed by atoms with Gasteiger partial charge in [0, 0.05) is 13.0 Å². The summed E-state index contributed by atoms with van der Waals surface area (Å²) in [6.45, 7) is 1.32. The van der Waals surface area contributed by atoms with E-state index in [4.69, 9.17) is 18.3 Å². The maximum atomic E-state index is 13.2. The first-order valence-electron chi connectivity index (χ1n) is 15.1. The minimum absolute atomic E-state index is 0.119. The molecule has 0 aliphatic heterocycles. The summed E-state index contributed by atoms with van der Waals surface area (Å²) in [7, 11) is -3.76. The van der Waals surface area contributed by atoms with Crippen LogP contribution in [0.3, 0.4) is 0 Å². The number of phosphoric ester groups is 1. The van der Waals surface area contributed by atoms with Gasteiger partial charge in [0.2, 0.25) is 0 Å². The van der Waals surface area contributed by atoms with Crippen LogP contribution in [-0.2, 0) is 36.1 Å². The van der Waals surface area contributed by atoms with Crippen LogP contribution in [-0.4, -0.2) is 26.0 Å². The molecule has 0 saturated carbocycles. The number of ether oxygens (including phenoxy) is 1. The van der Waals surface area contributed by atoms with Crippen molar-refractivity contribution in [2.45, 2.75) is 109 Å². The topological polar surface area (TPSA) is 54.0 Å². The van der Waals surface area contributed by atoms with Crippen LogP contribution >= 0.6 is 7.82 Å². The molecule has 0 aliphatic carbocycles. The molecule has 41 heavy (non-hydrogen) atoms. The number of hydrogen-bond donors (Lipinski definition) is 0. The average molecular weight is 601 g/mol. The molecular formula is C32H48F3O5P. The fraction of sp³-hybridized carbons (Fsp3) is 0.625. The summed E-state index contributed by atoms with van der Waals surface area (Å²) in [5.74, 6) is 0. The Bertz CT molecular complexity index is 880. The van der Waals surface area contributed by atoms with Crippen LogP contribution < -0.4 is 0 Å². The number of halogens is 3. The molecule has 9 heteroatoms. The molecule has 2 rings (SSSR count). The van der Waals surface area contributed by atoms with Crippen molar-refractivity contribution in [2.75, 3.05) is 19.8 Å². The van der Waals surface area contributed by atoms with E-state index < -0.39 is 20.4 Å². The summed E-state index contributed by atoms with van der Waals surface area (Å²) < 4.78 is 71.9. The van der Waals surface area contributed by atoms with Crippen LogP contribution in [0.25, 0.3) is 0 Å². The fourth-order valence-corrected chi connectivity index (χ4v) is 5.49. The molecule has 0 N–H and O–H groups in total. The second kappa shape index (κ2) is 21.9. The normalized spacial score (nSPS) is 12.2. The first kappa shape index (κ1) is 35.5. The van der Waals surface area contributed by atoms with Crippen LogP contribution in [0.1, 0.15) is 101 Å². The largest absolute Gasteiger partial charge is 0.475 e. The summed E-state index contributed by atoms with van der Waals surface area (Å²) in [4.78, 5) is 0. The van der Waals surface area contributed by atoms with Gasteiger partial charge in [-0.05, 0) is 24.0 Å². The van der Waals surface area contributed by atoms with Crippen molar-refractivity contribution in [3.05, 3.63) is 71.8 Å². The number of rotatable bonds is 25. The number of alkyl halides is 3. The van der Waals surface area contributed by atoms with Gasteiger partial charge >= 0.3 is 14.0 Å². The Labute approximate surface area is 244 Å². The minimum atomic E-state index is -4.01. The second-order valence-corrected chi connectivity index (χ2v) is 12.0. The van der Waals surface area contributed by atoms with Gasteiger partial charge in [-0.2, -0.15) is 13.2 Å². The van der Waals surface area contributed by atoms with E-state index in [1.54, 1.807) is 0 Å². The lowest BCUT2D eigenvalue weighted by Gasteiger charge is -2.18. The van der Waals surface area contributed by atoms with E-state index in [2.05, 4.69) is 0 Å². The second-order valence-electron chi connectivity index (χ2n) is 10.4. The first-order valence-corrected chi connectivity index (χ1v) is 16.6. The van der Waals surface area contributed by atoms with Gasteiger partial charge in [-0.25, -0.2) is 4.57 Å². The predicted molar refractivity (Wildman–Crippen MR) is 158 cm³/mol. The van der Waals surface area contributed by atoms with E-state index in [-0.39, 0.29) is 26.2 Å². The van der Waals surface area contributed by atoms with E-state index in [1.807, 2.05) is 60.7 Å². The van der Waals surface area contributed by atoms with E-state index in [1.165, 1.54) is 38.5 Å². The monoisotopic (exact) mass is 600 g/mol. The maximum absolute atomic E-state index is 13.2. The zero-order chi connectivity index (χ0) is 29.5. The van der Waals surface area contributed by atoms with Gasteiger partial charge in [-0.1, -0.05) is 131 Å². The van der Waals surface area contributed by atoms with Crippen molar-refractivity contribution in [3.8, 4) is 0 Å². The van der Waals surface area contributed by atoms with Gasteiger partial charge in [0.15, 0.2) is 0 Å². The molecule has 0 atom stereocenters. The third-order valence-electron chi connectivity index (χ3n) is 6.69. The van der Waals surface area contributed by atoms with Gasteiger partial charge in [0.05, 0.1) is 26.4 Å². The Morgan fingerprint density at radius 1 is 0.512 bits per heavy atom. The number of benzene rings is 2. The summed E-state index contributed by atoms with van der Waals surface area (Å²) in [6.07, 6.45) is 8.67. The van der Waals surface area contributed by atoms with E-state index in [9.17, 15) is 17.7 Å². The molecule has 0 unspecified atom stereocenters. The van der Waals surface area contributed by atoms with Crippen molar-refractivity contribution in [1.29, 1.82) is 0 Å². The summed E-state index contributed by atoms with van der Waals surface area (Å²) in [5.41, 5.74) is 1.76. The standard InChI is InChI=1S/C32H48F3O5P/c33-32(34,35)24-18-10-8-6-4-2-1-3-5-7-9-11-19-25-37-26-27-38-41(36,39-28-30-20-14-12-15-21-30)40-29-31-22-16-13-17-23-31/h12-17,20-23H,1-11,18-19,24-29H2. The summed E-state index contributed by atoms with van der Waals surface area (Å²) in [6, 6.07) is 19.0. The molecule has 0 aromatic heterocycles. The summed E-state index contributed by atoms with van der Waals surface area (Å²) in [5, 5.41) is 0. The van der Waals surface area contributed by atoms with Crippen molar-refractivity contribution in [3.63, 3.8) is 0 Å². The van der Waals surface area contributed by atoms with Gasteiger partial charge in [0.25, 0.3) is 0 Å². The third-order valence-corrected chi connectivity index (χ3v) is 8.08. The molecule has 2 aromatic rings. The lowest BCUT2D eigenvalue weighted by atomic mass is 10.0. The van der Waals surface area contributed by atoms with Gasteiger partial charge in [-0.3, -0.25) is 13.6 Å². The highest BCUT2D eigenvalue weighted by Crippen LogP contribution is 2.50. The molecule has 0 fully saturated rings. The molecule has 0 amide bonds. The highest BCUT2D eigenvalue weighted by atomic mass is 31.2. The van der Waals surface area contributed by atoms with Crippen LogP contribution in [0.5, 0.6) is 0 Å². The Morgan fingerprint density at radius 2 is 0.927 bits per heavy atom. The molecular weight excluding hydrogens is 552 g/mol. The van der Waals surface area contributed by atoms with Gasteiger partial charge in [0.1, 0.15) is 0 Å². The smallest absolute Gasteiger partial charge is 0.379 e. The highest BCUT2D eigenvalue weighted by Gasteiger charge is 2.27. The zero-order valence-corrected chi connectivity index (χ0v) is 25.2. The van der Waals surface area contributed by atoms with Crippen molar-refractivity contribution >= 4 is 7.82 Å². The molecule has 0 spiro atoms. The molecule has 0 aliphatic rings. The molecule has 0 bridgehead atoms. The minimum Gasteiger partial charge on any atom is -0.379 e.